The molecule has 0 spiro atoms. The predicted octanol–water partition coefficient (Wildman–Crippen LogP) is 2.63. The van der Waals surface area contributed by atoms with Crippen molar-refractivity contribution in [1.82, 2.24) is 0 Å². The Bertz CT molecular complexity index is 544. The minimum Gasteiger partial charge on any atom is -0.287 e. The number of hydrogen-bond acceptors (Lipinski definition) is 3. The Labute approximate surface area is 103 Å². The Morgan fingerprint density at radius 2 is 1.82 bits per heavy atom. The second-order valence-corrected chi connectivity index (χ2v) is 4.38. The van der Waals surface area contributed by atoms with Crippen LogP contribution in [0, 0.1) is 0 Å². The number of ketones is 1. The summed E-state index contributed by atoms with van der Waals surface area (Å²) in [4.78, 5) is 31.3. The molecule has 0 bridgehead atoms. The van der Waals surface area contributed by atoms with Crippen LogP contribution in [-0.4, -0.2) is 29.5 Å². The molecule has 2 rings (SSSR count). The van der Waals surface area contributed by atoms with E-state index in [0.717, 1.165) is 4.90 Å². The first-order chi connectivity index (χ1) is 8.11. The van der Waals surface area contributed by atoms with Crippen LogP contribution in [0.2, 0.25) is 0 Å². The lowest BCUT2D eigenvalue weighted by atomic mass is 10.0. The zero-order chi connectivity index (χ0) is 12.4. The number of Topliss-reactive ketones (excluding diaryl/α,β-unsaturated/α-hetero) is 1. The molecule has 0 saturated heterocycles. The van der Waals surface area contributed by atoms with Crippen molar-refractivity contribution < 1.29 is 9.59 Å². The highest BCUT2D eigenvalue weighted by Gasteiger charge is 2.23. The number of urea groups is 1. The van der Waals surface area contributed by atoms with E-state index in [1.165, 1.54) is 0 Å². The summed E-state index contributed by atoms with van der Waals surface area (Å²) in [6, 6.07) is 6.58. The van der Waals surface area contributed by atoms with Gasteiger partial charge in [0.15, 0.2) is 0 Å². The molecule has 1 aliphatic heterocycles. The van der Waals surface area contributed by atoms with E-state index in [4.69, 9.17) is 0 Å². The number of hydrogen-bond donors (Lipinski definition) is 0. The maximum atomic E-state index is 12.0. The van der Waals surface area contributed by atoms with Gasteiger partial charge in [0.25, 0.3) is 0 Å². The third-order valence-corrected chi connectivity index (χ3v) is 3.12. The molecule has 1 aromatic carbocycles. The van der Waals surface area contributed by atoms with Gasteiger partial charge >= 0.3 is 6.03 Å². The quantitative estimate of drug-likeness (QED) is 0.608. The van der Waals surface area contributed by atoms with E-state index in [-0.39, 0.29) is 11.5 Å². The highest BCUT2D eigenvalue weighted by molar-refractivity contribution is 7.98. The molecule has 0 atom stereocenters. The van der Waals surface area contributed by atoms with Crippen molar-refractivity contribution in [3.05, 3.63) is 29.8 Å². The maximum Gasteiger partial charge on any atom is 0.368 e. The molecule has 4 nitrogen and oxygen atoms in total. The number of amides is 2. The van der Waals surface area contributed by atoms with Gasteiger partial charge < -0.3 is 0 Å². The summed E-state index contributed by atoms with van der Waals surface area (Å²) in [6.07, 6.45) is 1.97. The maximum absolute atomic E-state index is 12.0. The number of aliphatic imine (C=N–C) groups is 2. The minimum atomic E-state index is -0.605. The van der Waals surface area contributed by atoms with Crippen LogP contribution >= 0.6 is 11.8 Å². The molecule has 0 aromatic heterocycles. The van der Waals surface area contributed by atoms with Crippen molar-refractivity contribution in [3.63, 3.8) is 0 Å². The fourth-order valence-electron chi connectivity index (χ4n) is 1.49. The van der Waals surface area contributed by atoms with E-state index in [1.807, 2.05) is 18.4 Å². The zero-order valence-corrected chi connectivity index (χ0v) is 10.2. The number of carbonyl (C=O) groups excluding carboxylic acids is 2. The van der Waals surface area contributed by atoms with Crippen molar-refractivity contribution >= 4 is 35.0 Å². The van der Waals surface area contributed by atoms with Gasteiger partial charge in [-0.25, -0.2) is 4.79 Å². The lowest BCUT2D eigenvalue weighted by Gasteiger charge is -2.01. The van der Waals surface area contributed by atoms with Crippen molar-refractivity contribution in [2.24, 2.45) is 9.98 Å². The van der Waals surface area contributed by atoms with Gasteiger partial charge in [0.1, 0.15) is 5.71 Å². The molecule has 1 aromatic rings. The van der Waals surface area contributed by atoms with Crippen molar-refractivity contribution in [2.45, 2.75) is 11.8 Å². The lowest BCUT2D eigenvalue weighted by Crippen LogP contribution is -2.19. The van der Waals surface area contributed by atoms with Crippen LogP contribution in [0.3, 0.4) is 0 Å². The zero-order valence-electron chi connectivity index (χ0n) is 9.43. The van der Waals surface area contributed by atoms with Gasteiger partial charge in [-0.15, -0.1) is 11.8 Å². The van der Waals surface area contributed by atoms with Gasteiger partial charge in [0, 0.05) is 10.5 Å². The molecule has 1 heterocycles. The van der Waals surface area contributed by atoms with Crippen LogP contribution < -0.4 is 0 Å². The molecular formula is C12H10N2O2S. The molecule has 0 fully saturated rings. The first-order valence-corrected chi connectivity index (χ1v) is 6.21. The second kappa shape index (κ2) is 4.63. The van der Waals surface area contributed by atoms with Crippen LogP contribution in [0.15, 0.2) is 39.1 Å². The summed E-state index contributed by atoms with van der Waals surface area (Å²) < 4.78 is 0. The average molecular weight is 246 g/mol. The van der Waals surface area contributed by atoms with Crippen LogP contribution in [-0.2, 0) is 0 Å². The summed E-state index contributed by atoms with van der Waals surface area (Å²) in [5.41, 5.74) is 1.05. The molecular weight excluding hydrogens is 236 g/mol. The van der Waals surface area contributed by atoms with Gasteiger partial charge in [-0.1, -0.05) is 0 Å². The fourth-order valence-corrected chi connectivity index (χ4v) is 1.90. The van der Waals surface area contributed by atoms with Crippen LogP contribution in [0.5, 0.6) is 0 Å². The SMILES string of the molecule is CSc1ccc(C(=O)C2=NC(=O)N=C2C)cc1. The molecule has 0 unspecified atom stereocenters. The first kappa shape index (κ1) is 11.7. The van der Waals surface area contributed by atoms with E-state index in [1.54, 1.807) is 30.8 Å². The van der Waals surface area contributed by atoms with Crippen molar-refractivity contribution in [1.29, 1.82) is 0 Å². The van der Waals surface area contributed by atoms with E-state index in [9.17, 15) is 9.59 Å². The monoisotopic (exact) mass is 246 g/mol. The Balaban J connectivity index is 2.29. The summed E-state index contributed by atoms with van der Waals surface area (Å²) in [5, 5.41) is 0. The molecule has 0 saturated carbocycles. The standard InChI is InChI=1S/C12H10N2O2S/c1-7-10(14-12(16)13-7)11(15)8-3-5-9(17-2)6-4-8/h3-6H,1-2H3. The first-order valence-electron chi connectivity index (χ1n) is 4.99. The number of carbonyl (C=O) groups is 2. The van der Waals surface area contributed by atoms with E-state index >= 15 is 0 Å². The minimum absolute atomic E-state index is 0.145. The third-order valence-electron chi connectivity index (χ3n) is 2.38. The van der Waals surface area contributed by atoms with E-state index < -0.39 is 6.03 Å². The summed E-state index contributed by atoms with van der Waals surface area (Å²) in [5.74, 6) is -0.259. The van der Waals surface area contributed by atoms with Gasteiger partial charge in [-0.3, -0.25) is 4.79 Å². The topological polar surface area (TPSA) is 58.9 Å². The summed E-state index contributed by atoms with van der Waals surface area (Å²) >= 11 is 1.60. The molecule has 5 heteroatoms. The molecule has 17 heavy (non-hydrogen) atoms. The smallest absolute Gasteiger partial charge is 0.287 e. The molecule has 0 aliphatic carbocycles. The largest absolute Gasteiger partial charge is 0.368 e. The van der Waals surface area contributed by atoms with Crippen LogP contribution in [0.25, 0.3) is 0 Å². The highest BCUT2D eigenvalue weighted by atomic mass is 32.2. The fraction of sp³-hybridized carbons (Fsp3) is 0.167. The van der Waals surface area contributed by atoms with Gasteiger partial charge in [0.2, 0.25) is 5.78 Å². The van der Waals surface area contributed by atoms with E-state index in [0.29, 0.717) is 11.3 Å². The van der Waals surface area contributed by atoms with E-state index in [2.05, 4.69) is 9.98 Å². The molecule has 0 radical (unpaired) electrons. The Morgan fingerprint density at radius 3 is 2.29 bits per heavy atom. The number of nitrogens with zero attached hydrogens (tertiary/aromatic N) is 2. The second-order valence-electron chi connectivity index (χ2n) is 3.50. The number of rotatable bonds is 3. The predicted molar refractivity (Wildman–Crippen MR) is 68.5 cm³/mol. The Morgan fingerprint density at radius 1 is 1.18 bits per heavy atom. The van der Waals surface area contributed by atoms with Gasteiger partial charge in [0.05, 0.1) is 5.71 Å². The molecule has 86 valence electrons. The summed E-state index contributed by atoms with van der Waals surface area (Å²) in [7, 11) is 0. The van der Waals surface area contributed by atoms with Crippen LogP contribution in [0.1, 0.15) is 17.3 Å². The molecule has 1 aliphatic rings. The lowest BCUT2D eigenvalue weighted by molar-refractivity contribution is 0.106. The Kier molecular flexibility index (Phi) is 3.19. The van der Waals surface area contributed by atoms with Gasteiger partial charge in [-0.2, -0.15) is 9.98 Å². The van der Waals surface area contributed by atoms with Gasteiger partial charge in [-0.05, 0) is 37.4 Å². The van der Waals surface area contributed by atoms with Crippen molar-refractivity contribution in [3.8, 4) is 0 Å². The normalized spacial score (nSPS) is 14.6. The molecule has 0 N–H and O–H groups in total. The third kappa shape index (κ3) is 2.34. The Hall–Kier alpha value is -1.75. The van der Waals surface area contributed by atoms with Crippen LogP contribution in [0.4, 0.5) is 4.79 Å². The number of thioether (sulfide) groups is 1. The number of benzene rings is 1. The average Bonchev–Trinajstić information content (AvgIpc) is 2.68. The highest BCUT2D eigenvalue weighted by Crippen LogP contribution is 2.16. The molecule has 2 amide bonds. The summed E-state index contributed by atoms with van der Waals surface area (Å²) in [6.45, 7) is 1.61. The van der Waals surface area contributed by atoms with Crippen molar-refractivity contribution in [2.75, 3.05) is 6.26 Å².